The third-order valence-corrected chi connectivity index (χ3v) is 3.69. The highest BCUT2D eigenvalue weighted by atomic mass is 16.5. The maximum Gasteiger partial charge on any atom is 0.274 e. The molecule has 2 aromatic heterocycles. The third-order valence-electron chi connectivity index (χ3n) is 3.69. The van der Waals surface area contributed by atoms with Crippen LogP contribution in [0.25, 0.3) is 0 Å². The summed E-state index contributed by atoms with van der Waals surface area (Å²) < 4.78 is 15.6. The molecule has 0 spiro atoms. The highest BCUT2D eigenvalue weighted by molar-refractivity contribution is 5.92. The topological polar surface area (TPSA) is 103 Å². The number of rotatable bonds is 4. The van der Waals surface area contributed by atoms with E-state index in [1.54, 1.807) is 19.9 Å². The Hall–Kier alpha value is -2.22. The Balaban J connectivity index is 1.80. The van der Waals surface area contributed by atoms with Gasteiger partial charge in [-0.1, -0.05) is 10.3 Å². The molecular weight excluding hydrogens is 288 g/mol. The van der Waals surface area contributed by atoms with E-state index in [1.807, 2.05) is 0 Å². The Morgan fingerprint density at radius 2 is 2.05 bits per heavy atom. The van der Waals surface area contributed by atoms with Gasteiger partial charge in [0, 0.05) is 19.3 Å². The van der Waals surface area contributed by atoms with Gasteiger partial charge in [0.25, 0.3) is 5.91 Å². The van der Waals surface area contributed by atoms with Crippen LogP contribution in [0.1, 0.15) is 46.8 Å². The zero-order valence-corrected chi connectivity index (χ0v) is 12.5. The molecular formula is C14H18N4O4. The van der Waals surface area contributed by atoms with Crippen LogP contribution in [0.2, 0.25) is 0 Å². The smallest absolute Gasteiger partial charge is 0.274 e. The third kappa shape index (κ3) is 3.16. The second-order valence-corrected chi connectivity index (χ2v) is 5.40. The van der Waals surface area contributed by atoms with Gasteiger partial charge in [0.15, 0.2) is 11.5 Å². The maximum absolute atomic E-state index is 12.3. The zero-order valence-electron chi connectivity index (χ0n) is 12.5. The molecule has 8 heteroatoms. The lowest BCUT2D eigenvalue weighted by Crippen LogP contribution is -2.36. The van der Waals surface area contributed by atoms with Gasteiger partial charge in [0.05, 0.1) is 0 Å². The second kappa shape index (κ2) is 6.27. The zero-order chi connectivity index (χ0) is 15.5. The molecule has 0 saturated carbocycles. The van der Waals surface area contributed by atoms with Gasteiger partial charge in [-0.15, -0.1) is 0 Å². The number of aromatic nitrogens is 3. The standard InChI is InChI=1S/C14H18N4O4/c1-8-7-11(18-21-8)13(19)16-12(10-3-5-20-6-4-10)14-15-9(2)17-22-14/h7,10,12H,3-6H2,1-2H3,(H,16,19). The molecule has 3 rings (SSSR count). The van der Waals surface area contributed by atoms with Crippen molar-refractivity contribution in [3.8, 4) is 0 Å². The van der Waals surface area contributed by atoms with Gasteiger partial charge in [0.2, 0.25) is 5.89 Å². The second-order valence-electron chi connectivity index (χ2n) is 5.40. The number of nitrogens with zero attached hydrogens (tertiary/aromatic N) is 3. The van der Waals surface area contributed by atoms with Crippen LogP contribution in [-0.4, -0.2) is 34.4 Å². The fraction of sp³-hybridized carbons (Fsp3) is 0.571. The summed E-state index contributed by atoms with van der Waals surface area (Å²) in [5, 5.41) is 10.5. The summed E-state index contributed by atoms with van der Waals surface area (Å²) in [5.74, 6) is 1.41. The molecule has 8 nitrogen and oxygen atoms in total. The lowest BCUT2D eigenvalue weighted by atomic mass is 9.91. The van der Waals surface area contributed by atoms with E-state index in [0.29, 0.717) is 30.7 Å². The minimum Gasteiger partial charge on any atom is -0.381 e. The van der Waals surface area contributed by atoms with Gasteiger partial charge in [0.1, 0.15) is 11.8 Å². The van der Waals surface area contributed by atoms with Gasteiger partial charge in [-0.2, -0.15) is 4.98 Å². The van der Waals surface area contributed by atoms with Crippen molar-refractivity contribution < 1.29 is 18.6 Å². The first-order valence-corrected chi connectivity index (χ1v) is 7.25. The van der Waals surface area contributed by atoms with Crippen LogP contribution in [-0.2, 0) is 4.74 Å². The Labute approximate surface area is 127 Å². The molecule has 118 valence electrons. The molecule has 22 heavy (non-hydrogen) atoms. The van der Waals surface area contributed by atoms with E-state index in [-0.39, 0.29) is 23.6 Å². The SMILES string of the molecule is Cc1noc(C(NC(=O)c2cc(C)on2)C2CCOCC2)n1. The van der Waals surface area contributed by atoms with E-state index in [4.69, 9.17) is 13.8 Å². The number of hydrogen-bond acceptors (Lipinski definition) is 7. The van der Waals surface area contributed by atoms with Crippen molar-refractivity contribution in [3.05, 3.63) is 29.2 Å². The molecule has 0 aliphatic carbocycles. The molecule has 1 N–H and O–H groups in total. The van der Waals surface area contributed by atoms with Crippen LogP contribution >= 0.6 is 0 Å². The van der Waals surface area contributed by atoms with E-state index in [1.165, 1.54) is 0 Å². The number of carbonyl (C=O) groups excluding carboxylic acids is 1. The van der Waals surface area contributed by atoms with Crippen LogP contribution < -0.4 is 5.32 Å². The Morgan fingerprint density at radius 1 is 1.27 bits per heavy atom. The number of hydrogen-bond donors (Lipinski definition) is 1. The first kappa shape index (κ1) is 14.7. The largest absolute Gasteiger partial charge is 0.381 e. The van der Waals surface area contributed by atoms with Gasteiger partial charge in [-0.3, -0.25) is 4.79 Å². The van der Waals surface area contributed by atoms with Crippen molar-refractivity contribution in [2.24, 2.45) is 5.92 Å². The lowest BCUT2D eigenvalue weighted by Gasteiger charge is -2.28. The molecule has 3 heterocycles. The van der Waals surface area contributed by atoms with Crippen molar-refractivity contribution in [2.75, 3.05) is 13.2 Å². The summed E-state index contributed by atoms with van der Waals surface area (Å²) in [6.07, 6.45) is 1.65. The first-order valence-electron chi connectivity index (χ1n) is 7.25. The van der Waals surface area contributed by atoms with Crippen LogP contribution in [0.3, 0.4) is 0 Å². The molecule has 1 aliphatic rings. The Kier molecular flexibility index (Phi) is 4.19. The fourth-order valence-corrected chi connectivity index (χ4v) is 2.56. The van der Waals surface area contributed by atoms with E-state index < -0.39 is 0 Å². The van der Waals surface area contributed by atoms with Crippen molar-refractivity contribution in [1.82, 2.24) is 20.6 Å². The lowest BCUT2D eigenvalue weighted by molar-refractivity contribution is 0.0466. The molecule has 1 unspecified atom stereocenters. The van der Waals surface area contributed by atoms with Crippen molar-refractivity contribution in [3.63, 3.8) is 0 Å². The summed E-state index contributed by atoms with van der Waals surface area (Å²) >= 11 is 0. The first-order chi connectivity index (χ1) is 10.6. The van der Waals surface area contributed by atoms with E-state index in [0.717, 1.165) is 12.8 Å². The van der Waals surface area contributed by atoms with Gasteiger partial charge < -0.3 is 19.1 Å². The minimum atomic E-state index is -0.352. The van der Waals surface area contributed by atoms with Crippen LogP contribution in [0, 0.1) is 19.8 Å². The van der Waals surface area contributed by atoms with Crippen LogP contribution in [0.15, 0.2) is 15.1 Å². The fourth-order valence-electron chi connectivity index (χ4n) is 2.56. The highest BCUT2D eigenvalue weighted by Gasteiger charge is 2.32. The highest BCUT2D eigenvalue weighted by Crippen LogP contribution is 2.29. The Bertz CT molecular complexity index is 645. The summed E-state index contributed by atoms with van der Waals surface area (Å²) in [4.78, 5) is 16.6. The molecule has 0 aromatic carbocycles. The molecule has 1 aliphatic heterocycles. The molecule has 1 amide bonds. The quantitative estimate of drug-likeness (QED) is 0.914. The summed E-state index contributed by atoms with van der Waals surface area (Å²) in [6, 6.07) is 1.24. The van der Waals surface area contributed by atoms with Crippen LogP contribution in [0.5, 0.6) is 0 Å². The Morgan fingerprint density at radius 3 is 2.64 bits per heavy atom. The molecule has 2 aromatic rings. The molecule has 0 radical (unpaired) electrons. The normalized spacial score (nSPS) is 17.4. The van der Waals surface area contributed by atoms with Crippen molar-refractivity contribution >= 4 is 5.91 Å². The number of nitrogens with one attached hydrogen (secondary N) is 1. The monoisotopic (exact) mass is 306 g/mol. The van der Waals surface area contributed by atoms with Gasteiger partial charge in [-0.05, 0) is 32.6 Å². The summed E-state index contributed by atoms with van der Waals surface area (Å²) in [7, 11) is 0. The minimum absolute atomic E-state index is 0.186. The van der Waals surface area contributed by atoms with E-state index in [2.05, 4.69) is 20.6 Å². The maximum atomic E-state index is 12.3. The summed E-state index contributed by atoms with van der Waals surface area (Å²) in [5.41, 5.74) is 0.241. The molecule has 1 atom stereocenters. The summed E-state index contributed by atoms with van der Waals surface area (Å²) in [6.45, 7) is 4.80. The predicted molar refractivity (Wildman–Crippen MR) is 74.0 cm³/mol. The number of carbonyl (C=O) groups is 1. The van der Waals surface area contributed by atoms with Gasteiger partial charge in [-0.25, -0.2) is 0 Å². The van der Waals surface area contributed by atoms with E-state index >= 15 is 0 Å². The molecule has 1 fully saturated rings. The number of aryl methyl sites for hydroxylation is 2. The van der Waals surface area contributed by atoms with Gasteiger partial charge >= 0.3 is 0 Å². The molecule has 0 bridgehead atoms. The average Bonchev–Trinajstić information content (AvgIpc) is 3.14. The van der Waals surface area contributed by atoms with Crippen LogP contribution in [0.4, 0.5) is 0 Å². The van der Waals surface area contributed by atoms with Crippen molar-refractivity contribution in [1.29, 1.82) is 0 Å². The number of ether oxygens (including phenoxy) is 1. The predicted octanol–water partition coefficient (Wildman–Crippen LogP) is 1.57. The van der Waals surface area contributed by atoms with E-state index in [9.17, 15) is 4.79 Å². The molecule has 1 saturated heterocycles. The number of amides is 1. The van der Waals surface area contributed by atoms with Crippen molar-refractivity contribution in [2.45, 2.75) is 32.7 Å². The average molecular weight is 306 g/mol.